The predicted octanol–water partition coefficient (Wildman–Crippen LogP) is 2.89. The number of amides is 1. The zero-order valence-electron chi connectivity index (χ0n) is 15.4. The standard InChI is InChI=1S/C19H22N6OS/c1-12-21-16(11-27-12)18-24-23-17-8-7-13(9-10-25(17)18)22-19(26)14-5-3-4-6-15(14)20-2/h3-6,11,13,20H,7-10H2,1-2H3,(H,22,26). The molecule has 0 saturated heterocycles. The monoisotopic (exact) mass is 382 g/mol. The summed E-state index contributed by atoms with van der Waals surface area (Å²) in [5.74, 6) is 1.74. The molecule has 2 N–H and O–H groups in total. The number of aromatic nitrogens is 4. The van der Waals surface area contributed by atoms with Gasteiger partial charge in [0, 0.05) is 37.1 Å². The number of anilines is 1. The van der Waals surface area contributed by atoms with Gasteiger partial charge in [-0.15, -0.1) is 21.5 Å². The van der Waals surface area contributed by atoms with E-state index in [4.69, 9.17) is 0 Å². The number of aryl methyl sites for hydroxylation is 2. The van der Waals surface area contributed by atoms with Crippen LogP contribution in [0.15, 0.2) is 29.6 Å². The molecule has 1 aromatic carbocycles. The van der Waals surface area contributed by atoms with Crippen molar-refractivity contribution in [3.63, 3.8) is 0 Å². The van der Waals surface area contributed by atoms with E-state index in [1.54, 1.807) is 11.3 Å². The lowest BCUT2D eigenvalue weighted by molar-refractivity contribution is 0.0934. The molecule has 1 amide bonds. The molecule has 2 aromatic heterocycles. The first-order valence-electron chi connectivity index (χ1n) is 9.08. The fourth-order valence-electron chi connectivity index (χ4n) is 3.45. The summed E-state index contributed by atoms with van der Waals surface area (Å²) in [5.41, 5.74) is 2.38. The first-order chi connectivity index (χ1) is 13.2. The lowest BCUT2D eigenvalue weighted by Crippen LogP contribution is -2.35. The maximum atomic E-state index is 12.7. The van der Waals surface area contributed by atoms with E-state index in [-0.39, 0.29) is 11.9 Å². The van der Waals surface area contributed by atoms with E-state index in [1.807, 2.05) is 43.6 Å². The van der Waals surface area contributed by atoms with Crippen LogP contribution in [0, 0.1) is 6.92 Å². The summed E-state index contributed by atoms with van der Waals surface area (Å²) in [6.07, 6.45) is 2.48. The number of fused-ring (bicyclic) bond motifs is 1. The van der Waals surface area contributed by atoms with E-state index in [0.29, 0.717) is 5.56 Å². The maximum Gasteiger partial charge on any atom is 0.253 e. The second-order valence-corrected chi connectivity index (χ2v) is 7.70. The Hall–Kier alpha value is -2.74. The zero-order chi connectivity index (χ0) is 18.8. The highest BCUT2D eigenvalue weighted by atomic mass is 32.1. The summed E-state index contributed by atoms with van der Waals surface area (Å²) >= 11 is 1.61. The van der Waals surface area contributed by atoms with E-state index in [2.05, 4.69) is 30.4 Å². The number of hydrogen-bond acceptors (Lipinski definition) is 6. The summed E-state index contributed by atoms with van der Waals surface area (Å²) in [6, 6.07) is 7.66. The zero-order valence-corrected chi connectivity index (χ0v) is 16.2. The van der Waals surface area contributed by atoms with Gasteiger partial charge >= 0.3 is 0 Å². The van der Waals surface area contributed by atoms with Gasteiger partial charge in [0.2, 0.25) is 0 Å². The van der Waals surface area contributed by atoms with Crippen molar-refractivity contribution in [3.8, 4) is 11.5 Å². The molecule has 0 spiro atoms. The highest BCUT2D eigenvalue weighted by Gasteiger charge is 2.23. The first kappa shape index (κ1) is 17.7. The number of carbonyl (C=O) groups is 1. The molecule has 1 atom stereocenters. The Bertz CT molecular complexity index is 963. The van der Waals surface area contributed by atoms with Gasteiger partial charge in [-0.1, -0.05) is 12.1 Å². The molecule has 0 radical (unpaired) electrons. The largest absolute Gasteiger partial charge is 0.387 e. The Morgan fingerprint density at radius 1 is 1.26 bits per heavy atom. The molecule has 3 heterocycles. The van der Waals surface area contributed by atoms with E-state index >= 15 is 0 Å². The summed E-state index contributed by atoms with van der Waals surface area (Å²) in [4.78, 5) is 17.2. The van der Waals surface area contributed by atoms with Crippen molar-refractivity contribution < 1.29 is 4.79 Å². The predicted molar refractivity (Wildman–Crippen MR) is 106 cm³/mol. The van der Waals surface area contributed by atoms with Gasteiger partial charge in [-0.3, -0.25) is 4.79 Å². The van der Waals surface area contributed by atoms with Crippen LogP contribution in [0.3, 0.4) is 0 Å². The van der Waals surface area contributed by atoms with Crippen molar-refractivity contribution in [1.29, 1.82) is 0 Å². The van der Waals surface area contributed by atoms with Crippen molar-refractivity contribution in [2.45, 2.75) is 38.8 Å². The highest BCUT2D eigenvalue weighted by Crippen LogP contribution is 2.24. The Morgan fingerprint density at radius 3 is 2.89 bits per heavy atom. The number of thiazole rings is 1. The van der Waals surface area contributed by atoms with Gasteiger partial charge < -0.3 is 15.2 Å². The molecule has 7 nitrogen and oxygen atoms in total. The minimum absolute atomic E-state index is 0.0436. The van der Waals surface area contributed by atoms with Crippen LogP contribution < -0.4 is 10.6 Å². The first-order valence-corrected chi connectivity index (χ1v) is 9.96. The average Bonchev–Trinajstić information content (AvgIpc) is 3.24. The van der Waals surface area contributed by atoms with Crippen molar-refractivity contribution in [2.75, 3.05) is 12.4 Å². The molecule has 140 valence electrons. The maximum absolute atomic E-state index is 12.7. The Balaban J connectivity index is 1.48. The molecule has 1 unspecified atom stereocenters. The molecule has 0 aliphatic carbocycles. The van der Waals surface area contributed by atoms with Crippen LogP contribution in [0.2, 0.25) is 0 Å². The van der Waals surface area contributed by atoms with Crippen LogP contribution in [0.25, 0.3) is 11.5 Å². The average molecular weight is 382 g/mol. The molecular formula is C19H22N6OS. The number of benzene rings is 1. The molecule has 1 aliphatic rings. The fraction of sp³-hybridized carbons (Fsp3) is 0.368. The fourth-order valence-corrected chi connectivity index (χ4v) is 4.04. The van der Waals surface area contributed by atoms with Gasteiger partial charge in [-0.25, -0.2) is 4.98 Å². The number of hydrogen-bond donors (Lipinski definition) is 2. The van der Waals surface area contributed by atoms with Crippen LogP contribution >= 0.6 is 11.3 Å². The summed E-state index contributed by atoms with van der Waals surface area (Å²) < 4.78 is 2.14. The Kier molecular flexibility index (Phi) is 4.89. The summed E-state index contributed by atoms with van der Waals surface area (Å²) in [7, 11) is 1.82. The Morgan fingerprint density at radius 2 is 2.11 bits per heavy atom. The lowest BCUT2D eigenvalue weighted by Gasteiger charge is -2.17. The molecule has 1 aliphatic heterocycles. The summed E-state index contributed by atoms with van der Waals surface area (Å²) in [5, 5.41) is 18.0. The van der Waals surface area contributed by atoms with E-state index in [0.717, 1.165) is 53.8 Å². The smallest absolute Gasteiger partial charge is 0.253 e. The third-order valence-corrected chi connectivity index (χ3v) is 5.64. The minimum atomic E-state index is -0.0436. The summed E-state index contributed by atoms with van der Waals surface area (Å²) in [6.45, 7) is 2.76. The van der Waals surface area contributed by atoms with E-state index in [9.17, 15) is 4.79 Å². The van der Waals surface area contributed by atoms with Gasteiger partial charge in [-0.2, -0.15) is 0 Å². The SMILES string of the molecule is CNc1ccccc1C(=O)NC1CCc2nnc(-c3csc(C)n3)n2CC1. The number of rotatable bonds is 4. The Labute approximate surface area is 161 Å². The molecular weight excluding hydrogens is 360 g/mol. The number of nitrogens with one attached hydrogen (secondary N) is 2. The lowest BCUT2D eigenvalue weighted by atomic mass is 10.1. The molecule has 27 heavy (non-hydrogen) atoms. The third kappa shape index (κ3) is 3.57. The van der Waals surface area contributed by atoms with Crippen LogP contribution in [0.4, 0.5) is 5.69 Å². The van der Waals surface area contributed by atoms with Crippen molar-refractivity contribution >= 4 is 22.9 Å². The topological polar surface area (TPSA) is 84.7 Å². The highest BCUT2D eigenvalue weighted by molar-refractivity contribution is 7.09. The van der Waals surface area contributed by atoms with Gasteiger partial charge in [0.25, 0.3) is 5.91 Å². The van der Waals surface area contributed by atoms with Gasteiger partial charge in [0.15, 0.2) is 5.82 Å². The van der Waals surface area contributed by atoms with Crippen LogP contribution in [0.1, 0.15) is 34.0 Å². The van der Waals surface area contributed by atoms with Gasteiger partial charge in [0.05, 0.1) is 10.6 Å². The molecule has 8 heteroatoms. The van der Waals surface area contributed by atoms with Crippen LogP contribution in [-0.4, -0.2) is 38.7 Å². The van der Waals surface area contributed by atoms with E-state index in [1.165, 1.54) is 0 Å². The number of carbonyl (C=O) groups excluding carboxylic acids is 1. The van der Waals surface area contributed by atoms with Crippen molar-refractivity contribution in [2.24, 2.45) is 0 Å². The molecule has 4 rings (SSSR count). The number of nitrogens with zero attached hydrogens (tertiary/aromatic N) is 4. The van der Waals surface area contributed by atoms with Crippen LogP contribution in [-0.2, 0) is 13.0 Å². The third-order valence-electron chi connectivity index (χ3n) is 4.87. The quantitative estimate of drug-likeness (QED) is 0.725. The number of para-hydroxylation sites is 1. The molecule has 3 aromatic rings. The van der Waals surface area contributed by atoms with Gasteiger partial charge in [0.1, 0.15) is 11.5 Å². The van der Waals surface area contributed by atoms with Crippen LogP contribution in [0.5, 0.6) is 0 Å². The second-order valence-electron chi connectivity index (χ2n) is 6.64. The minimum Gasteiger partial charge on any atom is -0.387 e. The molecule has 0 saturated carbocycles. The molecule has 0 fully saturated rings. The van der Waals surface area contributed by atoms with Crippen molar-refractivity contribution in [3.05, 3.63) is 46.0 Å². The van der Waals surface area contributed by atoms with E-state index < -0.39 is 0 Å². The normalized spacial score (nSPS) is 16.4. The second kappa shape index (κ2) is 7.48. The van der Waals surface area contributed by atoms with Crippen molar-refractivity contribution in [1.82, 2.24) is 25.1 Å². The molecule has 0 bridgehead atoms. The van der Waals surface area contributed by atoms with Gasteiger partial charge in [-0.05, 0) is 31.9 Å².